The molecule has 0 saturated carbocycles. The number of rotatable bonds is 3. The first-order chi connectivity index (χ1) is 10.3. The third-order valence-electron chi connectivity index (χ3n) is 5.00. The van der Waals surface area contributed by atoms with Crippen molar-refractivity contribution in [3.8, 4) is 11.1 Å². The van der Waals surface area contributed by atoms with Gasteiger partial charge >= 0.3 is 0 Å². The van der Waals surface area contributed by atoms with Crippen LogP contribution < -0.4 is 5.32 Å². The van der Waals surface area contributed by atoms with Gasteiger partial charge in [0, 0.05) is 12.0 Å². The first-order valence-corrected chi connectivity index (χ1v) is 7.94. The average Bonchev–Trinajstić information content (AvgIpc) is 3.15. The Hall–Kier alpha value is -1.64. The third-order valence-corrected chi connectivity index (χ3v) is 5.00. The van der Waals surface area contributed by atoms with Gasteiger partial charge in [-0.25, -0.2) is 0 Å². The maximum absolute atomic E-state index is 10.6. The van der Waals surface area contributed by atoms with Crippen LogP contribution in [-0.2, 0) is 0 Å². The van der Waals surface area contributed by atoms with Gasteiger partial charge in [0.25, 0.3) is 0 Å². The highest BCUT2D eigenvalue weighted by molar-refractivity contribution is 5.78. The van der Waals surface area contributed by atoms with Crippen LogP contribution in [0, 0.1) is 0 Å². The molecule has 1 aliphatic heterocycles. The molecule has 2 heteroatoms. The fraction of sp³-hybridized carbons (Fsp3) is 0.368. The molecule has 1 saturated heterocycles. The number of hydrogen-bond donors (Lipinski definition) is 2. The van der Waals surface area contributed by atoms with Crippen LogP contribution in [-0.4, -0.2) is 23.8 Å². The second-order valence-electron chi connectivity index (χ2n) is 6.23. The molecular weight excluding hydrogens is 258 g/mol. The van der Waals surface area contributed by atoms with E-state index in [4.69, 9.17) is 0 Å². The number of hydrogen-bond acceptors (Lipinski definition) is 2. The summed E-state index contributed by atoms with van der Waals surface area (Å²) in [5.41, 5.74) is 5.42. The highest BCUT2D eigenvalue weighted by Gasteiger charge is 2.32. The van der Waals surface area contributed by atoms with Crippen molar-refractivity contribution in [2.75, 3.05) is 6.54 Å². The topological polar surface area (TPSA) is 32.3 Å². The number of aliphatic hydroxyl groups is 1. The molecule has 0 bridgehead atoms. The predicted octanol–water partition coefficient (Wildman–Crippen LogP) is 3.30. The van der Waals surface area contributed by atoms with Gasteiger partial charge < -0.3 is 10.4 Å². The van der Waals surface area contributed by atoms with Crippen molar-refractivity contribution in [1.82, 2.24) is 5.32 Å². The summed E-state index contributed by atoms with van der Waals surface area (Å²) in [7, 11) is 0. The van der Waals surface area contributed by atoms with E-state index in [1.54, 1.807) is 0 Å². The van der Waals surface area contributed by atoms with Gasteiger partial charge in [-0.15, -0.1) is 0 Å². The van der Waals surface area contributed by atoms with E-state index in [0.29, 0.717) is 5.92 Å². The highest BCUT2D eigenvalue weighted by Crippen LogP contribution is 2.46. The molecule has 2 aliphatic rings. The second-order valence-corrected chi connectivity index (χ2v) is 6.23. The van der Waals surface area contributed by atoms with Crippen molar-refractivity contribution in [2.24, 2.45) is 0 Å². The Bertz CT molecular complexity index is 600. The molecule has 2 nitrogen and oxygen atoms in total. The summed E-state index contributed by atoms with van der Waals surface area (Å²) < 4.78 is 0. The summed E-state index contributed by atoms with van der Waals surface area (Å²) in [6.07, 6.45) is 2.82. The van der Waals surface area contributed by atoms with Crippen LogP contribution in [0.4, 0.5) is 0 Å². The number of nitrogens with one attached hydrogen (secondary N) is 1. The van der Waals surface area contributed by atoms with Crippen molar-refractivity contribution < 1.29 is 5.11 Å². The lowest BCUT2D eigenvalue weighted by molar-refractivity contribution is 0.122. The first kappa shape index (κ1) is 13.1. The molecule has 1 heterocycles. The van der Waals surface area contributed by atoms with Gasteiger partial charge in [0.2, 0.25) is 0 Å². The molecule has 0 unspecified atom stereocenters. The summed E-state index contributed by atoms with van der Waals surface area (Å²) in [5.74, 6) is 0.329. The molecule has 2 N–H and O–H groups in total. The van der Waals surface area contributed by atoms with Gasteiger partial charge in [-0.2, -0.15) is 0 Å². The van der Waals surface area contributed by atoms with E-state index in [9.17, 15) is 5.11 Å². The van der Waals surface area contributed by atoms with Crippen LogP contribution in [0.1, 0.15) is 36.3 Å². The maximum Gasteiger partial charge on any atom is 0.0702 e. The lowest BCUT2D eigenvalue weighted by atomic mass is 9.88. The molecule has 2 atom stereocenters. The Morgan fingerprint density at radius 3 is 2.19 bits per heavy atom. The standard InChI is InChI=1S/C19H21NO/c21-19(18-10-5-11-20-18)12-17-15-8-3-1-6-13(15)14-7-2-4-9-16(14)17/h1-4,6-9,17-21H,5,10-12H2/t18-,19+/m0/s1. The highest BCUT2D eigenvalue weighted by atomic mass is 16.3. The molecule has 2 aromatic carbocycles. The van der Waals surface area contributed by atoms with E-state index in [-0.39, 0.29) is 12.1 Å². The lowest BCUT2D eigenvalue weighted by Crippen LogP contribution is -2.35. The van der Waals surface area contributed by atoms with Crippen LogP contribution in [0.3, 0.4) is 0 Å². The fourth-order valence-electron chi connectivity index (χ4n) is 3.96. The molecular formula is C19H21NO. The normalized spacial score (nSPS) is 22.0. The Morgan fingerprint density at radius 2 is 1.62 bits per heavy atom. The van der Waals surface area contributed by atoms with Gasteiger partial charge in [-0.05, 0) is 48.1 Å². The SMILES string of the molecule is O[C@H](CC1c2ccccc2-c2ccccc21)[C@@H]1CCCN1. The minimum absolute atomic E-state index is 0.267. The molecule has 0 amide bonds. The number of benzene rings is 2. The summed E-state index contributed by atoms with van der Waals surface area (Å²) in [4.78, 5) is 0. The zero-order valence-corrected chi connectivity index (χ0v) is 12.1. The largest absolute Gasteiger partial charge is 0.391 e. The van der Waals surface area contributed by atoms with Gasteiger partial charge in [0.05, 0.1) is 6.10 Å². The molecule has 4 rings (SSSR count). The van der Waals surface area contributed by atoms with Crippen molar-refractivity contribution in [3.05, 3.63) is 59.7 Å². The van der Waals surface area contributed by atoms with Crippen molar-refractivity contribution >= 4 is 0 Å². The van der Waals surface area contributed by atoms with Crippen LogP contribution >= 0.6 is 0 Å². The number of aliphatic hydroxyl groups excluding tert-OH is 1. The van der Waals surface area contributed by atoms with Crippen molar-refractivity contribution in [1.29, 1.82) is 0 Å². The van der Waals surface area contributed by atoms with Crippen LogP contribution in [0.2, 0.25) is 0 Å². The van der Waals surface area contributed by atoms with E-state index in [1.807, 2.05) is 0 Å². The van der Waals surface area contributed by atoms with Gasteiger partial charge in [0.1, 0.15) is 0 Å². The quantitative estimate of drug-likeness (QED) is 0.903. The van der Waals surface area contributed by atoms with E-state index < -0.39 is 0 Å². The average molecular weight is 279 g/mol. The van der Waals surface area contributed by atoms with E-state index in [0.717, 1.165) is 19.4 Å². The first-order valence-electron chi connectivity index (χ1n) is 7.94. The number of fused-ring (bicyclic) bond motifs is 3. The maximum atomic E-state index is 10.6. The van der Waals surface area contributed by atoms with E-state index in [1.165, 1.54) is 28.7 Å². The molecule has 2 aromatic rings. The van der Waals surface area contributed by atoms with E-state index in [2.05, 4.69) is 53.8 Å². The second kappa shape index (κ2) is 5.28. The Balaban J connectivity index is 1.68. The zero-order chi connectivity index (χ0) is 14.2. The lowest BCUT2D eigenvalue weighted by Gasteiger charge is -2.23. The molecule has 0 radical (unpaired) electrons. The fourth-order valence-corrected chi connectivity index (χ4v) is 3.96. The van der Waals surface area contributed by atoms with Crippen LogP contribution in [0.15, 0.2) is 48.5 Å². The van der Waals surface area contributed by atoms with Crippen molar-refractivity contribution in [3.63, 3.8) is 0 Å². The molecule has 1 aliphatic carbocycles. The summed E-state index contributed by atoms with van der Waals surface area (Å²) in [6.45, 7) is 1.04. The third kappa shape index (κ3) is 2.19. The predicted molar refractivity (Wildman–Crippen MR) is 85.4 cm³/mol. The summed E-state index contributed by atoms with van der Waals surface area (Å²) >= 11 is 0. The van der Waals surface area contributed by atoms with Crippen LogP contribution in [0.25, 0.3) is 11.1 Å². The minimum atomic E-state index is -0.267. The molecule has 1 fully saturated rings. The van der Waals surface area contributed by atoms with Gasteiger partial charge in [0.15, 0.2) is 0 Å². The van der Waals surface area contributed by atoms with Crippen LogP contribution in [0.5, 0.6) is 0 Å². The molecule has 21 heavy (non-hydrogen) atoms. The monoisotopic (exact) mass is 279 g/mol. The Labute approximate surface area is 125 Å². The van der Waals surface area contributed by atoms with Gasteiger partial charge in [-0.3, -0.25) is 0 Å². The zero-order valence-electron chi connectivity index (χ0n) is 12.1. The van der Waals surface area contributed by atoms with Gasteiger partial charge in [-0.1, -0.05) is 48.5 Å². The Morgan fingerprint density at radius 1 is 1.00 bits per heavy atom. The molecule has 0 aromatic heterocycles. The smallest absolute Gasteiger partial charge is 0.0702 e. The summed E-state index contributed by atoms with van der Waals surface area (Å²) in [6, 6.07) is 17.5. The Kier molecular flexibility index (Phi) is 3.28. The van der Waals surface area contributed by atoms with E-state index >= 15 is 0 Å². The molecule has 0 spiro atoms. The van der Waals surface area contributed by atoms with Crippen molar-refractivity contribution in [2.45, 2.75) is 37.3 Å². The summed E-state index contributed by atoms with van der Waals surface area (Å²) in [5, 5.41) is 14.0. The molecule has 108 valence electrons. The minimum Gasteiger partial charge on any atom is -0.391 e.